The topological polar surface area (TPSA) is 67.9 Å². The van der Waals surface area contributed by atoms with E-state index in [1.54, 1.807) is 7.11 Å². The number of benzene rings is 1. The van der Waals surface area contributed by atoms with Crippen molar-refractivity contribution < 1.29 is 19.1 Å². The van der Waals surface area contributed by atoms with E-state index in [1.165, 1.54) is 14.0 Å². The molecule has 0 aromatic heterocycles. The molecule has 0 heterocycles. The third kappa shape index (κ3) is 4.46. The molecule has 1 rings (SSSR count). The summed E-state index contributed by atoms with van der Waals surface area (Å²) < 4.78 is 9.77. The first-order chi connectivity index (χ1) is 9.47. The normalized spacial score (nSPS) is 11.4. The summed E-state index contributed by atoms with van der Waals surface area (Å²) in [4.78, 5) is 24.6. The number of methoxy groups -OCH3 is 2. The second-order valence-electron chi connectivity index (χ2n) is 4.35. The van der Waals surface area contributed by atoms with Gasteiger partial charge in [-0.05, 0) is 24.3 Å². The van der Waals surface area contributed by atoms with Gasteiger partial charge in [-0.3, -0.25) is 4.79 Å². The average molecular weight is 280 g/mol. The van der Waals surface area contributed by atoms with Crippen LogP contribution in [-0.2, 0) is 14.3 Å². The first-order valence-corrected chi connectivity index (χ1v) is 6.18. The quantitative estimate of drug-likeness (QED) is 0.781. The number of ether oxygens (including phenoxy) is 2. The fourth-order valence-electron chi connectivity index (χ4n) is 1.78. The van der Waals surface area contributed by atoms with Crippen LogP contribution in [0.4, 0.5) is 5.69 Å². The summed E-state index contributed by atoms with van der Waals surface area (Å²) in [6.07, 6.45) is 0. The van der Waals surface area contributed by atoms with Gasteiger partial charge in [-0.2, -0.15) is 0 Å². The summed E-state index contributed by atoms with van der Waals surface area (Å²) >= 11 is 0. The SMILES string of the molecule is COC(=O)C(CN(C)c1ccc(OC)cc1)NC(C)=O. The van der Waals surface area contributed by atoms with Gasteiger partial charge in [-0.15, -0.1) is 0 Å². The number of amides is 1. The fourth-order valence-corrected chi connectivity index (χ4v) is 1.78. The highest BCUT2D eigenvalue weighted by molar-refractivity contribution is 5.83. The Balaban J connectivity index is 2.75. The van der Waals surface area contributed by atoms with Gasteiger partial charge in [0.15, 0.2) is 0 Å². The van der Waals surface area contributed by atoms with Crippen molar-refractivity contribution >= 4 is 17.6 Å². The zero-order valence-electron chi connectivity index (χ0n) is 12.2. The summed E-state index contributed by atoms with van der Waals surface area (Å²) in [6, 6.07) is 6.71. The van der Waals surface area contributed by atoms with Gasteiger partial charge in [-0.25, -0.2) is 4.79 Å². The molecule has 110 valence electrons. The predicted molar refractivity (Wildman–Crippen MR) is 75.9 cm³/mol. The maximum absolute atomic E-state index is 11.6. The number of hydrogen-bond acceptors (Lipinski definition) is 5. The molecule has 1 aromatic carbocycles. The highest BCUT2D eigenvalue weighted by Gasteiger charge is 2.22. The van der Waals surface area contributed by atoms with Gasteiger partial charge in [-0.1, -0.05) is 0 Å². The molecule has 0 spiro atoms. The maximum atomic E-state index is 11.6. The molecular formula is C14H20N2O4. The van der Waals surface area contributed by atoms with Gasteiger partial charge in [0.05, 0.1) is 14.2 Å². The Hall–Kier alpha value is -2.24. The van der Waals surface area contributed by atoms with Crippen molar-refractivity contribution in [3.05, 3.63) is 24.3 Å². The number of anilines is 1. The molecule has 1 atom stereocenters. The van der Waals surface area contributed by atoms with Crippen LogP contribution < -0.4 is 15.0 Å². The smallest absolute Gasteiger partial charge is 0.330 e. The second-order valence-corrected chi connectivity index (χ2v) is 4.35. The molecule has 0 aliphatic rings. The van der Waals surface area contributed by atoms with Crippen molar-refractivity contribution in [2.45, 2.75) is 13.0 Å². The van der Waals surface area contributed by atoms with Crippen molar-refractivity contribution in [3.63, 3.8) is 0 Å². The van der Waals surface area contributed by atoms with E-state index in [2.05, 4.69) is 10.1 Å². The zero-order chi connectivity index (χ0) is 15.1. The average Bonchev–Trinajstić information content (AvgIpc) is 2.45. The minimum atomic E-state index is -0.704. The van der Waals surface area contributed by atoms with Crippen LogP contribution in [0.3, 0.4) is 0 Å². The Morgan fingerprint density at radius 2 is 1.85 bits per heavy atom. The molecule has 20 heavy (non-hydrogen) atoms. The number of carbonyl (C=O) groups excluding carboxylic acids is 2. The van der Waals surface area contributed by atoms with Crippen LogP contribution in [0.1, 0.15) is 6.92 Å². The lowest BCUT2D eigenvalue weighted by Gasteiger charge is -2.24. The largest absolute Gasteiger partial charge is 0.497 e. The van der Waals surface area contributed by atoms with E-state index < -0.39 is 12.0 Å². The summed E-state index contributed by atoms with van der Waals surface area (Å²) in [5.74, 6) is 0.0117. The van der Waals surface area contributed by atoms with E-state index in [9.17, 15) is 9.59 Å². The molecule has 0 radical (unpaired) electrons. The number of likely N-dealkylation sites (N-methyl/N-ethyl adjacent to an activating group) is 1. The van der Waals surface area contributed by atoms with Gasteiger partial charge in [0.1, 0.15) is 11.8 Å². The molecule has 1 amide bonds. The number of nitrogens with zero attached hydrogens (tertiary/aromatic N) is 1. The molecule has 0 saturated carbocycles. The van der Waals surface area contributed by atoms with Crippen LogP contribution in [-0.4, -0.2) is 45.7 Å². The number of hydrogen-bond donors (Lipinski definition) is 1. The maximum Gasteiger partial charge on any atom is 0.330 e. The lowest BCUT2D eigenvalue weighted by molar-refractivity contribution is -0.144. The second kappa shape index (κ2) is 7.37. The van der Waals surface area contributed by atoms with Crippen molar-refractivity contribution in [2.75, 3.05) is 32.7 Å². The van der Waals surface area contributed by atoms with Crippen molar-refractivity contribution in [2.24, 2.45) is 0 Å². The molecule has 1 unspecified atom stereocenters. The minimum absolute atomic E-state index is 0.275. The Bertz CT molecular complexity index is 459. The standard InChI is InChI=1S/C14H20N2O4/c1-10(17)15-13(14(18)20-4)9-16(2)11-5-7-12(19-3)8-6-11/h5-8,13H,9H2,1-4H3,(H,15,17). The van der Waals surface area contributed by atoms with Gasteiger partial charge in [0, 0.05) is 26.2 Å². The van der Waals surface area contributed by atoms with Crippen molar-refractivity contribution in [1.82, 2.24) is 5.32 Å². The van der Waals surface area contributed by atoms with Gasteiger partial charge < -0.3 is 19.7 Å². The number of nitrogens with one attached hydrogen (secondary N) is 1. The summed E-state index contributed by atoms with van der Waals surface area (Å²) in [7, 11) is 4.73. The lowest BCUT2D eigenvalue weighted by Crippen LogP contribution is -2.47. The Labute approximate surface area is 118 Å². The minimum Gasteiger partial charge on any atom is -0.497 e. The van der Waals surface area contributed by atoms with Crippen LogP contribution in [0, 0.1) is 0 Å². The van der Waals surface area contributed by atoms with Gasteiger partial charge in [0.25, 0.3) is 0 Å². The lowest BCUT2D eigenvalue weighted by atomic mass is 10.2. The van der Waals surface area contributed by atoms with E-state index in [0.29, 0.717) is 6.54 Å². The molecule has 1 N–H and O–H groups in total. The van der Waals surface area contributed by atoms with Crippen LogP contribution in [0.15, 0.2) is 24.3 Å². The van der Waals surface area contributed by atoms with Gasteiger partial charge >= 0.3 is 5.97 Å². The molecular weight excluding hydrogens is 260 g/mol. The van der Waals surface area contributed by atoms with Crippen molar-refractivity contribution in [3.8, 4) is 5.75 Å². The summed E-state index contributed by atoms with van der Waals surface area (Å²) in [5, 5.41) is 2.57. The number of rotatable bonds is 6. The fraction of sp³-hybridized carbons (Fsp3) is 0.429. The summed E-state index contributed by atoms with van der Waals surface area (Å²) in [6.45, 7) is 1.68. The highest BCUT2D eigenvalue weighted by atomic mass is 16.5. The first-order valence-electron chi connectivity index (χ1n) is 6.18. The Morgan fingerprint density at radius 3 is 2.30 bits per heavy atom. The molecule has 0 fully saturated rings. The molecule has 0 bridgehead atoms. The molecule has 0 saturated heterocycles. The van der Waals surface area contributed by atoms with E-state index >= 15 is 0 Å². The molecule has 0 aliphatic carbocycles. The predicted octanol–water partition coefficient (Wildman–Crippen LogP) is 0.809. The Morgan fingerprint density at radius 1 is 1.25 bits per heavy atom. The third-order valence-corrected chi connectivity index (χ3v) is 2.83. The van der Waals surface area contributed by atoms with E-state index in [4.69, 9.17) is 4.74 Å². The van der Waals surface area contributed by atoms with Crippen LogP contribution in [0.2, 0.25) is 0 Å². The zero-order valence-corrected chi connectivity index (χ0v) is 12.2. The highest BCUT2D eigenvalue weighted by Crippen LogP contribution is 2.18. The number of esters is 1. The summed E-state index contributed by atoms with van der Waals surface area (Å²) in [5.41, 5.74) is 0.907. The van der Waals surface area contributed by atoms with Crippen LogP contribution >= 0.6 is 0 Å². The van der Waals surface area contributed by atoms with Crippen LogP contribution in [0.25, 0.3) is 0 Å². The molecule has 6 nitrogen and oxygen atoms in total. The van der Waals surface area contributed by atoms with E-state index in [1.807, 2.05) is 36.2 Å². The number of carbonyl (C=O) groups is 2. The van der Waals surface area contributed by atoms with E-state index in [-0.39, 0.29) is 5.91 Å². The van der Waals surface area contributed by atoms with E-state index in [0.717, 1.165) is 11.4 Å². The molecule has 6 heteroatoms. The first kappa shape index (κ1) is 15.8. The molecule has 0 aliphatic heterocycles. The Kier molecular flexibility index (Phi) is 5.83. The third-order valence-electron chi connectivity index (χ3n) is 2.83. The van der Waals surface area contributed by atoms with Crippen LogP contribution in [0.5, 0.6) is 5.75 Å². The van der Waals surface area contributed by atoms with Crippen molar-refractivity contribution in [1.29, 1.82) is 0 Å². The monoisotopic (exact) mass is 280 g/mol. The molecule has 1 aromatic rings. The van der Waals surface area contributed by atoms with Gasteiger partial charge in [0.2, 0.25) is 5.91 Å².